The molecule has 0 fully saturated rings. The van der Waals surface area contributed by atoms with E-state index in [9.17, 15) is 0 Å². The Balaban J connectivity index is 2.38. The van der Waals surface area contributed by atoms with E-state index in [1.807, 2.05) is 12.1 Å². The van der Waals surface area contributed by atoms with Crippen LogP contribution in [0, 0.1) is 0 Å². The van der Waals surface area contributed by atoms with E-state index >= 15 is 0 Å². The fourth-order valence-electron chi connectivity index (χ4n) is 1.60. The third-order valence-electron chi connectivity index (χ3n) is 2.59. The minimum absolute atomic E-state index is 0.476. The van der Waals surface area contributed by atoms with Crippen LogP contribution in [0.2, 0.25) is 0 Å². The van der Waals surface area contributed by atoms with E-state index in [1.165, 1.54) is 6.33 Å². The lowest BCUT2D eigenvalue weighted by molar-refractivity contribution is 0.405. The molecule has 106 valence electrons. The molecule has 0 radical (unpaired) electrons. The van der Waals surface area contributed by atoms with Crippen LogP contribution in [0.25, 0.3) is 0 Å². The van der Waals surface area contributed by atoms with Crippen LogP contribution in [-0.4, -0.2) is 24.2 Å². The molecule has 20 heavy (non-hydrogen) atoms. The maximum absolute atomic E-state index is 5.37. The first-order valence-electron chi connectivity index (χ1n) is 5.65. The third-order valence-corrected chi connectivity index (χ3v) is 3.34. The van der Waals surface area contributed by atoms with Crippen molar-refractivity contribution in [3.63, 3.8) is 0 Å². The van der Waals surface area contributed by atoms with E-state index < -0.39 is 0 Å². The number of benzene rings is 1. The van der Waals surface area contributed by atoms with Gasteiger partial charge in [0.1, 0.15) is 28.1 Å². The van der Waals surface area contributed by atoms with Crippen molar-refractivity contribution in [1.29, 1.82) is 0 Å². The molecule has 0 saturated carbocycles. The zero-order valence-corrected chi connectivity index (χ0v) is 12.6. The molecule has 1 aromatic heterocycles. The minimum Gasteiger partial charge on any atom is -0.497 e. The zero-order valence-electron chi connectivity index (χ0n) is 11.0. The lowest BCUT2D eigenvalue weighted by Gasteiger charge is -2.13. The lowest BCUT2D eigenvalue weighted by Crippen LogP contribution is -2.10. The van der Waals surface area contributed by atoms with Crippen LogP contribution in [-0.2, 0) is 0 Å². The van der Waals surface area contributed by atoms with Crippen LogP contribution < -0.4 is 26.1 Å². The van der Waals surface area contributed by atoms with Gasteiger partial charge in [-0.1, -0.05) is 0 Å². The largest absolute Gasteiger partial charge is 0.497 e. The number of rotatable bonds is 5. The average Bonchev–Trinajstić information content (AvgIpc) is 2.49. The van der Waals surface area contributed by atoms with Crippen molar-refractivity contribution in [3.8, 4) is 11.5 Å². The molecule has 0 bridgehead atoms. The van der Waals surface area contributed by atoms with E-state index in [4.69, 9.17) is 15.3 Å². The molecule has 8 heteroatoms. The fraction of sp³-hybridized carbons (Fsp3) is 0.167. The third kappa shape index (κ3) is 2.91. The topological polar surface area (TPSA) is 94.3 Å². The summed E-state index contributed by atoms with van der Waals surface area (Å²) in [6.45, 7) is 0. The Hall–Kier alpha value is -2.06. The second-order valence-electron chi connectivity index (χ2n) is 3.72. The summed E-state index contributed by atoms with van der Waals surface area (Å²) in [7, 11) is 3.19. The van der Waals surface area contributed by atoms with Gasteiger partial charge in [0.15, 0.2) is 5.82 Å². The SMILES string of the molecule is COc1ccc(OC)c(Nc2ncnc(NN)c2Br)c1. The molecule has 7 nitrogen and oxygen atoms in total. The van der Waals surface area contributed by atoms with Gasteiger partial charge in [-0.05, 0) is 28.1 Å². The summed E-state index contributed by atoms with van der Waals surface area (Å²) in [5, 5.41) is 3.14. The summed E-state index contributed by atoms with van der Waals surface area (Å²) in [6, 6.07) is 5.42. The van der Waals surface area contributed by atoms with Gasteiger partial charge in [0.2, 0.25) is 0 Å². The fourth-order valence-corrected chi connectivity index (χ4v) is 2.02. The number of nitrogens with two attached hydrogens (primary N) is 1. The molecule has 1 heterocycles. The smallest absolute Gasteiger partial charge is 0.159 e. The molecule has 0 saturated heterocycles. The normalized spacial score (nSPS) is 10.0. The Bertz CT molecular complexity index is 608. The number of halogens is 1. The quantitative estimate of drug-likeness (QED) is 0.568. The van der Waals surface area contributed by atoms with Crippen LogP contribution in [0.3, 0.4) is 0 Å². The number of hydrogen-bond donors (Lipinski definition) is 3. The van der Waals surface area contributed by atoms with Crippen LogP contribution in [0.1, 0.15) is 0 Å². The summed E-state index contributed by atoms with van der Waals surface area (Å²) in [5.41, 5.74) is 3.20. The number of anilines is 3. The molecule has 4 N–H and O–H groups in total. The Morgan fingerprint density at radius 2 is 1.90 bits per heavy atom. The minimum atomic E-state index is 0.476. The molecule has 2 aromatic rings. The molecule has 0 aliphatic rings. The van der Waals surface area contributed by atoms with Gasteiger partial charge in [0.25, 0.3) is 0 Å². The van der Waals surface area contributed by atoms with Gasteiger partial charge < -0.3 is 20.2 Å². The number of hydrazine groups is 1. The van der Waals surface area contributed by atoms with Gasteiger partial charge in [0, 0.05) is 6.07 Å². The Kier molecular flexibility index (Phi) is 4.59. The Morgan fingerprint density at radius 3 is 2.55 bits per heavy atom. The molecular weight excluding hydrogens is 326 g/mol. The van der Waals surface area contributed by atoms with Crippen LogP contribution in [0.4, 0.5) is 17.3 Å². The molecule has 0 aliphatic carbocycles. The number of aromatic nitrogens is 2. The van der Waals surface area contributed by atoms with E-state index in [-0.39, 0.29) is 0 Å². The lowest BCUT2D eigenvalue weighted by atomic mass is 10.2. The first kappa shape index (κ1) is 14.4. The average molecular weight is 340 g/mol. The van der Waals surface area contributed by atoms with Crippen LogP contribution in [0.5, 0.6) is 11.5 Å². The molecule has 2 rings (SSSR count). The molecule has 0 amide bonds. The first-order valence-corrected chi connectivity index (χ1v) is 6.45. The maximum Gasteiger partial charge on any atom is 0.159 e. The molecule has 0 atom stereocenters. The highest BCUT2D eigenvalue weighted by molar-refractivity contribution is 9.10. The van der Waals surface area contributed by atoms with Crippen molar-refractivity contribution in [2.24, 2.45) is 5.84 Å². The summed E-state index contributed by atoms with van der Waals surface area (Å²) < 4.78 is 11.1. The summed E-state index contributed by atoms with van der Waals surface area (Å²) in [6.07, 6.45) is 1.40. The highest BCUT2D eigenvalue weighted by Crippen LogP contribution is 2.34. The number of hydrogen-bond acceptors (Lipinski definition) is 7. The number of nitrogens with one attached hydrogen (secondary N) is 2. The first-order chi connectivity index (χ1) is 9.69. The van der Waals surface area contributed by atoms with E-state index in [1.54, 1.807) is 20.3 Å². The van der Waals surface area contributed by atoms with Crippen molar-refractivity contribution in [2.45, 2.75) is 0 Å². The van der Waals surface area contributed by atoms with E-state index in [2.05, 4.69) is 36.6 Å². The van der Waals surface area contributed by atoms with Crippen LogP contribution >= 0.6 is 15.9 Å². The predicted molar refractivity (Wildman–Crippen MR) is 80.4 cm³/mol. The molecule has 1 aromatic carbocycles. The summed E-state index contributed by atoms with van der Waals surface area (Å²) in [5.74, 6) is 7.77. The highest BCUT2D eigenvalue weighted by Gasteiger charge is 2.11. The van der Waals surface area contributed by atoms with Gasteiger partial charge in [-0.3, -0.25) is 0 Å². The van der Waals surface area contributed by atoms with Gasteiger partial charge >= 0.3 is 0 Å². The molecular formula is C12H14BrN5O2. The number of methoxy groups -OCH3 is 2. The van der Waals surface area contributed by atoms with Gasteiger partial charge in [-0.25, -0.2) is 15.8 Å². The second kappa shape index (κ2) is 6.40. The van der Waals surface area contributed by atoms with Crippen LogP contribution in [0.15, 0.2) is 29.0 Å². The molecule has 0 spiro atoms. The molecule has 0 unspecified atom stereocenters. The molecule has 0 aliphatic heterocycles. The van der Waals surface area contributed by atoms with Gasteiger partial charge in [-0.2, -0.15) is 0 Å². The van der Waals surface area contributed by atoms with Crippen molar-refractivity contribution in [3.05, 3.63) is 29.0 Å². The maximum atomic E-state index is 5.37. The van der Waals surface area contributed by atoms with E-state index in [0.717, 1.165) is 0 Å². The second-order valence-corrected chi connectivity index (χ2v) is 4.51. The standard InChI is InChI=1S/C12H14BrN5O2/c1-19-7-3-4-9(20-2)8(5-7)17-11-10(13)12(18-14)16-6-15-11/h3-6H,14H2,1-2H3,(H2,15,16,17,18). The Morgan fingerprint density at radius 1 is 1.15 bits per heavy atom. The number of ether oxygens (including phenoxy) is 2. The summed E-state index contributed by atoms with van der Waals surface area (Å²) in [4.78, 5) is 8.14. The van der Waals surface area contributed by atoms with Crippen molar-refractivity contribution in [1.82, 2.24) is 9.97 Å². The van der Waals surface area contributed by atoms with Crippen molar-refractivity contribution >= 4 is 33.3 Å². The predicted octanol–water partition coefficient (Wildman–Crippen LogP) is 2.29. The van der Waals surface area contributed by atoms with Crippen molar-refractivity contribution in [2.75, 3.05) is 25.0 Å². The van der Waals surface area contributed by atoms with Crippen molar-refractivity contribution < 1.29 is 9.47 Å². The van der Waals surface area contributed by atoms with Gasteiger partial charge in [-0.15, -0.1) is 0 Å². The van der Waals surface area contributed by atoms with E-state index in [0.29, 0.717) is 33.3 Å². The van der Waals surface area contributed by atoms with Gasteiger partial charge in [0.05, 0.1) is 19.9 Å². The monoisotopic (exact) mass is 339 g/mol. The Labute approximate surface area is 124 Å². The summed E-state index contributed by atoms with van der Waals surface area (Å²) >= 11 is 3.38. The number of nitrogens with zero attached hydrogens (tertiary/aromatic N) is 2. The zero-order chi connectivity index (χ0) is 14.5. The number of nitrogen functional groups attached to an aromatic ring is 1. The highest BCUT2D eigenvalue weighted by atomic mass is 79.9.